The molecular formula is C25H37N3O3. The summed E-state index contributed by atoms with van der Waals surface area (Å²) in [4.78, 5) is 13.1. The molecule has 0 amide bonds. The lowest BCUT2D eigenvalue weighted by molar-refractivity contribution is -0.100. The molecule has 170 valence electrons. The summed E-state index contributed by atoms with van der Waals surface area (Å²) >= 11 is 0. The zero-order valence-corrected chi connectivity index (χ0v) is 19.2. The van der Waals surface area contributed by atoms with Crippen molar-refractivity contribution in [2.75, 3.05) is 19.7 Å². The van der Waals surface area contributed by atoms with Crippen molar-refractivity contribution in [3.8, 4) is 0 Å². The van der Waals surface area contributed by atoms with Gasteiger partial charge in [-0.15, -0.1) is 6.58 Å². The standard InChI is InChI=1S/C25H37N3O3/c1-5-8-21-9-10-24(25(17-29)30-21)31-27-18(4)11-13-28-14-12-23-20(16-28)15-19(6-2)22(7-3)26-23/h5,9-10,15,21,24-25,29H,1,6-8,11-14,16-17H2,2-4H3/b27-18+/t21-,24+,25-/m1/s1. The minimum atomic E-state index is -0.404. The fraction of sp³-hybridized carbons (Fsp3) is 0.600. The Morgan fingerprint density at radius 1 is 1.39 bits per heavy atom. The first-order chi connectivity index (χ1) is 15.1. The first kappa shape index (κ1) is 23.6. The Hall–Kier alpha value is -2.02. The van der Waals surface area contributed by atoms with Gasteiger partial charge in [0.2, 0.25) is 0 Å². The predicted molar refractivity (Wildman–Crippen MR) is 124 cm³/mol. The highest BCUT2D eigenvalue weighted by molar-refractivity contribution is 5.81. The summed E-state index contributed by atoms with van der Waals surface area (Å²) < 4.78 is 5.83. The van der Waals surface area contributed by atoms with E-state index in [1.165, 1.54) is 22.5 Å². The number of oxime groups is 1. The third-order valence-corrected chi connectivity index (χ3v) is 6.06. The smallest absolute Gasteiger partial charge is 0.174 e. The second kappa shape index (κ2) is 11.6. The maximum atomic E-state index is 9.61. The van der Waals surface area contributed by atoms with E-state index in [2.05, 4.69) is 36.5 Å². The molecule has 0 saturated heterocycles. The lowest BCUT2D eigenvalue weighted by atomic mass is 9.99. The van der Waals surface area contributed by atoms with Crippen LogP contribution in [0.4, 0.5) is 0 Å². The SMILES string of the molecule is C=CC[C@@H]1C=C[C@H](O/N=C(\C)CCN2CCc3nc(CC)c(CC)cc3C2)[C@@H](CO)O1. The lowest BCUT2D eigenvalue weighted by Gasteiger charge is -2.30. The molecule has 2 aliphatic rings. The van der Waals surface area contributed by atoms with Crippen LogP contribution in [0.1, 0.15) is 56.1 Å². The second-order valence-electron chi connectivity index (χ2n) is 8.38. The molecule has 31 heavy (non-hydrogen) atoms. The molecule has 0 aromatic carbocycles. The van der Waals surface area contributed by atoms with Crippen LogP contribution in [0.15, 0.2) is 36.0 Å². The Bertz CT molecular complexity index is 805. The predicted octanol–water partition coefficient (Wildman–Crippen LogP) is 3.61. The van der Waals surface area contributed by atoms with Gasteiger partial charge in [0.25, 0.3) is 0 Å². The van der Waals surface area contributed by atoms with Gasteiger partial charge in [-0.2, -0.15) is 0 Å². The van der Waals surface area contributed by atoms with E-state index in [1.54, 1.807) is 0 Å². The van der Waals surface area contributed by atoms with Gasteiger partial charge in [-0.25, -0.2) is 0 Å². The summed E-state index contributed by atoms with van der Waals surface area (Å²) in [5.74, 6) is 0. The molecule has 2 aliphatic heterocycles. The van der Waals surface area contributed by atoms with Crippen LogP contribution in [0.2, 0.25) is 0 Å². The summed E-state index contributed by atoms with van der Waals surface area (Å²) in [5.41, 5.74) is 6.22. The molecule has 0 unspecified atom stereocenters. The van der Waals surface area contributed by atoms with Crippen LogP contribution >= 0.6 is 0 Å². The number of fused-ring (bicyclic) bond motifs is 1. The van der Waals surface area contributed by atoms with Crippen molar-refractivity contribution in [1.29, 1.82) is 0 Å². The summed E-state index contributed by atoms with van der Waals surface area (Å²) in [7, 11) is 0. The van der Waals surface area contributed by atoms with Gasteiger partial charge < -0.3 is 14.7 Å². The Morgan fingerprint density at radius 2 is 2.23 bits per heavy atom. The van der Waals surface area contributed by atoms with Crippen molar-refractivity contribution < 1.29 is 14.7 Å². The highest BCUT2D eigenvalue weighted by Gasteiger charge is 2.28. The van der Waals surface area contributed by atoms with Gasteiger partial charge in [0.1, 0.15) is 6.10 Å². The van der Waals surface area contributed by atoms with Gasteiger partial charge in [-0.1, -0.05) is 37.2 Å². The van der Waals surface area contributed by atoms with E-state index in [0.29, 0.717) is 0 Å². The number of nitrogens with zero attached hydrogens (tertiary/aromatic N) is 3. The molecule has 0 bridgehead atoms. The quantitative estimate of drug-likeness (QED) is 0.351. The van der Waals surface area contributed by atoms with E-state index in [9.17, 15) is 5.11 Å². The maximum Gasteiger partial charge on any atom is 0.174 e. The number of aliphatic hydroxyl groups excluding tert-OH is 1. The molecule has 0 fully saturated rings. The van der Waals surface area contributed by atoms with Crippen molar-refractivity contribution in [2.24, 2.45) is 5.16 Å². The number of aliphatic hydroxyl groups is 1. The lowest BCUT2D eigenvalue weighted by Crippen LogP contribution is -2.38. The van der Waals surface area contributed by atoms with Crippen LogP contribution in [-0.4, -0.2) is 58.7 Å². The third kappa shape index (κ3) is 6.25. The van der Waals surface area contributed by atoms with Crippen LogP contribution in [-0.2, 0) is 35.4 Å². The highest BCUT2D eigenvalue weighted by Crippen LogP contribution is 2.22. The number of ether oxygens (including phenoxy) is 1. The number of rotatable bonds is 10. The van der Waals surface area contributed by atoms with Crippen LogP contribution in [0.5, 0.6) is 0 Å². The molecule has 1 N–H and O–H groups in total. The Kier molecular flexibility index (Phi) is 8.81. The Balaban J connectivity index is 1.52. The van der Waals surface area contributed by atoms with E-state index >= 15 is 0 Å². The van der Waals surface area contributed by atoms with Crippen molar-refractivity contribution in [3.63, 3.8) is 0 Å². The Morgan fingerprint density at radius 3 is 2.94 bits per heavy atom. The van der Waals surface area contributed by atoms with Gasteiger partial charge in [0, 0.05) is 43.9 Å². The maximum absolute atomic E-state index is 9.61. The topological polar surface area (TPSA) is 67.2 Å². The molecule has 1 aromatic rings. The zero-order valence-electron chi connectivity index (χ0n) is 19.2. The fourth-order valence-corrected chi connectivity index (χ4v) is 4.19. The zero-order chi connectivity index (χ0) is 22.2. The Labute approximate surface area is 186 Å². The van der Waals surface area contributed by atoms with Crippen molar-refractivity contribution in [1.82, 2.24) is 9.88 Å². The average Bonchev–Trinajstić information content (AvgIpc) is 2.80. The third-order valence-electron chi connectivity index (χ3n) is 6.06. The van der Waals surface area contributed by atoms with Crippen LogP contribution in [0, 0.1) is 0 Å². The van der Waals surface area contributed by atoms with Crippen LogP contribution in [0.3, 0.4) is 0 Å². The largest absolute Gasteiger partial charge is 0.394 e. The summed E-state index contributed by atoms with van der Waals surface area (Å²) in [6, 6.07) is 2.36. The minimum Gasteiger partial charge on any atom is -0.394 e. The summed E-state index contributed by atoms with van der Waals surface area (Å²) in [5, 5.41) is 13.9. The molecule has 6 heteroatoms. The fourth-order valence-electron chi connectivity index (χ4n) is 4.19. The number of aryl methyl sites for hydroxylation is 2. The van der Waals surface area contributed by atoms with Gasteiger partial charge >= 0.3 is 0 Å². The molecule has 0 saturated carbocycles. The normalized spacial score (nSPS) is 24.1. The molecule has 1 aromatic heterocycles. The van der Waals surface area contributed by atoms with Gasteiger partial charge in [0.05, 0.1) is 18.4 Å². The summed E-state index contributed by atoms with van der Waals surface area (Å²) in [6.07, 6.45) is 9.48. The van der Waals surface area contributed by atoms with Crippen molar-refractivity contribution in [3.05, 3.63) is 53.4 Å². The number of aromatic nitrogens is 1. The minimum absolute atomic E-state index is 0.0577. The van der Waals surface area contributed by atoms with Crippen LogP contribution < -0.4 is 0 Å². The molecule has 3 heterocycles. The number of pyridine rings is 1. The number of hydrogen-bond acceptors (Lipinski definition) is 6. The molecule has 3 atom stereocenters. The van der Waals surface area contributed by atoms with Crippen molar-refractivity contribution in [2.45, 2.75) is 77.7 Å². The van der Waals surface area contributed by atoms with E-state index in [-0.39, 0.29) is 18.8 Å². The average molecular weight is 428 g/mol. The van der Waals surface area contributed by atoms with E-state index in [0.717, 1.165) is 57.5 Å². The molecule has 3 rings (SSSR count). The highest BCUT2D eigenvalue weighted by atomic mass is 16.7. The molecular weight excluding hydrogens is 390 g/mol. The van der Waals surface area contributed by atoms with E-state index < -0.39 is 6.10 Å². The molecule has 0 spiro atoms. The summed E-state index contributed by atoms with van der Waals surface area (Å²) in [6.45, 7) is 12.9. The molecule has 0 radical (unpaired) electrons. The monoisotopic (exact) mass is 427 g/mol. The van der Waals surface area contributed by atoms with Gasteiger partial charge in [-0.05, 0) is 43.4 Å². The second-order valence-corrected chi connectivity index (χ2v) is 8.38. The molecule has 6 nitrogen and oxygen atoms in total. The van der Waals surface area contributed by atoms with Gasteiger partial charge in [-0.3, -0.25) is 9.88 Å². The van der Waals surface area contributed by atoms with Crippen molar-refractivity contribution >= 4 is 5.71 Å². The van der Waals surface area contributed by atoms with Gasteiger partial charge in [0.15, 0.2) is 6.10 Å². The molecule has 0 aliphatic carbocycles. The number of hydrogen-bond donors (Lipinski definition) is 1. The van der Waals surface area contributed by atoms with E-state index in [4.69, 9.17) is 14.6 Å². The first-order valence-electron chi connectivity index (χ1n) is 11.6. The first-order valence-corrected chi connectivity index (χ1v) is 11.6. The van der Waals surface area contributed by atoms with Crippen LogP contribution in [0.25, 0.3) is 0 Å². The van der Waals surface area contributed by atoms with E-state index in [1.807, 2.05) is 25.2 Å².